The number of nitrogens with zero attached hydrogens (tertiary/aromatic N) is 2. The summed E-state index contributed by atoms with van der Waals surface area (Å²) in [5.41, 5.74) is 6.99. The number of furan rings is 1. The molecular weight excluding hydrogens is 515 g/mol. The average Bonchev–Trinajstić information content (AvgIpc) is 3.67. The first-order chi connectivity index (χ1) is 19.3. The molecule has 1 aliphatic rings. The second kappa shape index (κ2) is 8.06. The second-order valence-corrected chi connectivity index (χ2v) is 12.0. The van der Waals surface area contributed by atoms with E-state index in [1.54, 1.807) is 6.20 Å². The van der Waals surface area contributed by atoms with Gasteiger partial charge in [0.25, 0.3) is 6.71 Å². The Labute approximate surface area is 232 Å². The van der Waals surface area contributed by atoms with Crippen LogP contribution in [0.15, 0.2) is 120 Å². The summed E-state index contributed by atoms with van der Waals surface area (Å²) in [5.74, 6) is 0. The summed E-state index contributed by atoms with van der Waals surface area (Å²) >= 11 is 3.77. The van der Waals surface area contributed by atoms with Crippen molar-refractivity contribution >= 4 is 104 Å². The lowest BCUT2D eigenvalue weighted by atomic mass is 9.35. The lowest BCUT2D eigenvalue weighted by molar-refractivity contribution is 0.668. The van der Waals surface area contributed by atoms with Gasteiger partial charge in [-0.1, -0.05) is 72.2 Å². The third-order valence-electron chi connectivity index (χ3n) is 7.85. The maximum absolute atomic E-state index is 6.17. The second-order valence-electron chi connectivity index (χ2n) is 9.97. The summed E-state index contributed by atoms with van der Waals surface area (Å²) in [4.78, 5) is 6.89. The highest BCUT2D eigenvalue weighted by Gasteiger charge is 2.41. The summed E-state index contributed by atoms with van der Waals surface area (Å²) in [6, 6.07) is 37.2. The van der Waals surface area contributed by atoms with Gasteiger partial charge in [0.05, 0.1) is 10.0 Å². The molecule has 1 aliphatic heterocycles. The van der Waals surface area contributed by atoms with Crippen molar-refractivity contribution in [2.75, 3.05) is 4.90 Å². The number of aromatic nitrogens is 1. The molecule has 0 radical (unpaired) electrons. The van der Waals surface area contributed by atoms with Crippen molar-refractivity contribution in [1.29, 1.82) is 0 Å². The molecular formula is C33H19BN2OS2. The molecule has 182 valence electrons. The van der Waals surface area contributed by atoms with Crippen LogP contribution in [0.25, 0.3) is 42.1 Å². The van der Waals surface area contributed by atoms with Gasteiger partial charge >= 0.3 is 0 Å². The maximum Gasteiger partial charge on any atom is 0.250 e. The Kier molecular flexibility index (Phi) is 4.45. The molecule has 0 saturated carbocycles. The molecule has 0 saturated heterocycles. The van der Waals surface area contributed by atoms with Crippen molar-refractivity contribution < 1.29 is 4.42 Å². The number of pyridine rings is 1. The normalized spacial score (nSPS) is 13.0. The number of para-hydroxylation sites is 1. The monoisotopic (exact) mass is 534 g/mol. The van der Waals surface area contributed by atoms with Gasteiger partial charge in [-0.2, -0.15) is 0 Å². The number of hydrogen-bond donors (Lipinski definition) is 0. The Morgan fingerprint density at radius 1 is 0.615 bits per heavy atom. The van der Waals surface area contributed by atoms with E-state index in [1.165, 1.54) is 52.3 Å². The molecule has 0 aliphatic carbocycles. The zero-order valence-electron chi connectivity index (χ0n) is 20.7. The molecule has 8 aromatic rings. The van der Waals surface area contributed by atoms with Crippen LogP contribution in [-0.4, -0.2) is 11.7 Å². The van der Waals surface area contributed by atoms with Crippen LogP contribution in [-0.2, 0) is 0 Å². The zero-order valence-corrected chi connectivity index (χ0v) is 22.3. The van der Waals surface area contributed by atoms with E-state index in [2.05, 4.69) is 107 Å². The molecule has 4 aromatic heterocycles. The lowest BCUT2D eigenvalue weighted by Gasteiger charge is -2.32. The molecule has 9 rings (SSSR count). The number of benzene rings is 4. The van der Waals surface area contributed by atoms with Crippen LogP contribution >= 0.6 is 22.7 Å². The smallest absolute Gasteiger partial charge is 0.250 e. The molecule has 0 atom stereocenters. The highest BCUT2D eigenvalue weighted by Crippen LogP contribution is 2.47. The summed E-state index contributed by atoms with van der Waals surface area (Å²) < 4.78 is 8.80. The van der Waals surface area contributed by atoms with Gasteiger partial charge in [-0.25, -0.2) is 0 Å². The third kappa shape index (κ3) is 3.01. The van der Waals surface area contributed by atoms with Gasteiger partial charge in [-0.3, -0.25) is 9.88 Å². The minimum absolute atomic E-state index is 0.0910. The van der Waals surface area contributed by atoms with Gasteiger partial charge in [0.2, 0.25) is 0 Å². The van der Waals surface area contributed by atoms with E-state index in [-0.39, 0.29) is 6.71 Å². The fourth-order valence-electron chi connectivity index (χ4n) is 6.19. The molecule has 39 heavy (non-hydrogen) atoms. The van der Waals surface area contributed by atoms with Gasteiger partial charge in [-0.05, 0) is 58.1 Å². The van der Waals surface area contributed by atoms with E-state index in [0.29, 0.717) is 0 Å². The number of anilines is 3. The summed E-state index contributed by atoms with van der Waals surface area (Å²) in [5, 5.41) is 7.41. The molecule has 0 N–H and O–H groups in total. The maximum atomic E-state index is 6.17. The molecule has 5 heterocycles. The predicted molar refractivity (Wildman–Crippen MR) is 168 cm³/mol. The lowest BCUT2D eigenvalue weighted by Crippen LogP contribution is -2.56. The van der Waals surface area contributed by atoms with E-state index >= 15 is 0 Å². The number of fused-ring (bicyclic) bond motifs is 9. The number of hydrogen-bond acceptors (Lipinski definition) is 5. The molecule has 0 unspecified atom stereocenters. The predicted octanol–water partition coefficient (Wildman–Crippen LogP) is 7.71. The van der Waals surface area contributed by atoms with Crippen LogP contribution in [0, 0.1) is 0 Å². The van der Waals surface area contributed by atoms with Gasteiger partial charge in [-0.15, -0.1) is 22.7 Å². The third-order valence-corrected chi connectivity index (χ3v) is 10.2. The number of rotatable bonds is 2. The highest BCUT2D eigenvalue weighted by atomic mass is 32.1. The standard InChI is InChI=1S/C33H19BN2OS2/c1-2-8-21(9-3-1)36-32-30(22-10-4-6-12-28(22)38-32)34(31-23-11-5-7-13-29(23)39-33(31)36)20-14-15-26-24(18-20)25-19-35-17-16-27(25)37-26/h1-19H. The van der Waals surface area contributed by atoms with Crippen molar-refractivity contribution in [2.45, 2.75) is 0 Å². The van der Waals surface area contributed by atoms with E-state index in [9.17, 15) is 0 Å². The summed E-state index contributed by atoms with van der Waals surface area (Å²) in [6.07, 6.45) is 3.71. The minimum atomic E-state index is 0.0910. The van der Waals surface area contributed by atoms with Crippen LogP contribution in [0.5, 0.6) is 0 Å². The fourth-order valence-corrected chi connectivity index (χ4v) is 8.79. The van der Waals surface area contributed by atoms with Gasteiger partial charge < -0.3 is 4.42 Å². The molecule has 3 nitrogen and oxygen atoms in total. The Hall–Kier alpha value is -4.39. The van der Waals surface area contributed by atoms with E-state index < -0.39 is 0 Å². The van der Waals surface area contributed by atoms with Crippen molar-refractivity contribution in [3.63, 3.8) is 0 Å². The van der Waals surface area contributed by atoms with E-state index in [1.807, 2.05) is 34.9 Å². The van der Waals surface area contributed by atoms with Crippen LogP contribution in [0.1, 0.15) is 0 Å². The first kappa shape index (κ1) is 21.5. The summed E-state index contributed by atoms with van der Waals surface area (Å²) in [6.45, 7) is 0.0910. The van der Waals surface area contributed by atoms with Crippen molar-refractivity contribution in [1.82, 2.24) is 4.98 Å². The average molecular weight is 534 g/mol. The Balaban J connectivity index is 1.42. The molecule has 0 fully saturated rings. The molecule has 4 aromatic carbocycles. The summed E-state index contributed by atoms with van der Waals surface area (Å²) in [7, 11) is 0. The molecule has 0 amide bonds. The SMILES string of the molecule is c1ccc(N2c3sc4ccccc4c3B(c3ccc4oc5ccncc5c4c3)c3c2sc2ccccc32)cc1. The molecule has 6 heteroatoms. The first-order valence-electron chi connectivity index (χ1n) is 13.0. The minimum Gasteiger partial charge on any atom is -0.456 e. The highest BCUT2D eigenvalue weighted by molar-refractivity contribution is 7.30. The molecule has 0 spiro atoms. The first-order valence-corrected chi connectivity index (χ1v) is 14.6. The van der Waals surface area contributed by atoms with Crippen molar-refractivity contribution in [2.24, 2.45) is 0 Å². The van der Waals surface area contributed by atoms with Crippen LogP contribution in [0.3, 0.4) is 0 Å². The largest absolute Gasteiger partial charge is 0.456 e. The van der Waals surface area contributed by atoms with Crippen LogP contribution in [0.2, 0.25) is 0 Å². The zero-order chi connectivity index (χ0) is 25.5. The van der Waals surface area contributed by atoms with Gasteiger partial charge in [0.1, 0.15) is 11.2 Å². The quantitative estimate of drug-likeness (QED) is 0.213. The van der Waals surface area contributed by atoms with Crippen LogP contribution < -0.4 is 21.3 Å². The Morgan fingerprint density at radius 3 is 1.97 bits per heavy atom. The van der Waals surface area contributed by atoms with Crippen molar-refractivity contribution in [3.05, 3.63) is 116 Å². The van der Waals surface area contributed by atoms with Gasteiger partial charge in [0, 0.05) is 38.3 Å². The van der Waals surface area contributed by atoms with Gasteiger partial charge in [0.15, 0.2) is 0 Å². The molecule has 0 bridgehead atoms. The van der Waals surface area contributed by atoms with Crippen LogP contribution in [0.4, 0.5) is 15.7 Å². The topological polar surface area (TPSA) is 29.3 Å². The Bertz CT molecular complexity index is 2130. The van der Waals surface area contributed by atoms with E-state index in [4.69, 9.17) is 4.42 Å². The fraction of sp³-hybridized carbons (Fsp3) is 0. The Morgan fingerprint density at radius 2 is 1.26 bits per heavy atom. The number of thiophene rings is 2. The van der Waals surface area contributed by atoms with E-state index in [0.717, 1.165) is 21.9 Å². The van der Waals surface area contributed by atoms with Crippen molar-refractivity contribution in [3.8, 4) is 0 Å².